The molecule has 1 aliphatic rings. The number of hydrogen-bond donors (Lipinski definition) is 0. The van der Waals surface area contributed by atoms with Crippen LogP contribution in [0.2, 0.25) is 0 Å². The lowest BCUT2D eigenvalue weighted by Crippen LogP contribution is -2.38. The molecule has 1 aromatic rings. The second kappa shape index (κ2) is 6.47. The molecule has 1 fully saturated rings. The van der Waals surface area contributed by atoms with Gasteiger partial charge in [-0.25, -0.2) is 4.98 Å². The number of morpholine rings is 1. The van der Waals surface area contributed by atoms with Gasteiger partial charge in [0.05, 0.1) is 13.2 Å². The van der Waals surface area contributed by atoms with Crippen LogP contribution in [0.15, 0.2) is 18.3 Å². The highest BCUT2D eigenvalue weighted by molar-refractivity contribution is 5.94. The van der Waals surface area contributed by atoms with Gasteiger partial charge in [-0.1, -0.05) is 0 Å². The molecule has 2 heterocycles. The number of Topliss-reactive ketones (excluding diaryl/α,β-unsaturated/α-hetero) is 1. The van der Waals surface area contributed by atoms with Crippen molar-refractivity contribution in [2.24, 2.45) is 0 Å². The molecule has 0 saturated carbocycles. The molecule has 0 radical (unpaired) electrons. The van der Waals surface area contributed by atoms with Gasteiger partial charge in [-0.3, -0.25) is 9.69 Å². The molecular formula is C13H18N2O3. The SMILES string of the molecule is CC(=O)c1ccnc(OCCN2CCOCC2)c1. The zero-order chi connectivity index (χ0) is 12.8. The first-order chi connectivity index (χ1) is 8.75. The topological polar surface area (TPSA) is 51.7 Å². The molecule has 18 heavy (non-hydrogen) atoms. The predicted molar refractivity (Wildman–Crippen MR) is 67.0 cm³/mol. The maximum absolute atomic E-state index is 11.2. The van der Waals surface area contributed by atoms with E-state index in [0.29, 0.717) is 18.1 Å². The average Bonchev–Trinajstić information content (AvgIpc) is 2.40. The number of nitrogens with zero attached hydrogens (tertiary/aromatic N) is 2. The highest BCUT2D eigenvalue weighted by Gasteiger charge is 2.10. The van der Waals surface area contributed by atoms with Crippen molar-refractivity contribution in [2.75, 3.05) is 39.5 Å². The van der Waals surface area contributed by atoms with Gasteiger partial charge in [0.2, 0.25) is 5.88 Å². The summed E-state index contributed by atoms with van der Waals surface area (Å²) in [4.78, 5) is 17.6. The van der Waals surface area contributed by atoms with Gasteiger partial charge in [-0.2, -0.15) is 0 Å². The molecule has 2 rings (SSSR count). The lowest BCUT2D eigenvalue weighted by atomic mass is 10.2. The Labute approximate surface area is 107 Å². The highest BCUT2D eigenvalue weighted by atomic mass is 16.5. The lowest BCUT2D eigenvalue weighted by molar-refractivity contribution is 0.0320. The Bertz CT molecular complexity index is 403. The van der Waals surface area contributed by atoms with Gasteiger partial charge >= 0.3 is 0 Å². The molecule has 1 saturated heterocycles. The summed E-state index contributed by atoms with van der Waals surface area (Å²) >= 11 is 0. The van der Waals surface area contributed by atoms with E-state index in [1.54, 1.807) is 18.3 Å². The van der Waals surface area contributed by atoms with Crippen molar-refractivity contribution < 1.29 is 14.3 Å². The van der Waals surface area contributed by atoms with E-state index in [9.17, 15) is 4.79 Å². The number of ketones is 1. The van der Waals surface area contributed by atoms with Crippen LogP contribution in [0.25, 0.3) is 0 Å². The van der Waals surface area contributed by atoms with E-state index in [0.717, 1.165) is 32.8 Å². The van der Waals surface area contributed by atoms with Crippen LogP contribution in [0.1, 0.15) is 17.3 Å². The van der Waals surface area contributed by atoms with E-state index in [-0.39, 0.29) is 5.78 Å². The summed E-state index contributed by atoms with van der Waals surface area (Å²) in [6.45, 7) is 6.45. The molecule has 1 aliphatic heterocycles. The van der Waals surface area contributed by atoms with Crippen LogP contribution in [0.3, 0.4) is 0 Å². The number of rotatable bonds is 5. The van der Waals surface area contributed by atoms with Gasteiger partial charge in [0.1, 0.15) is 6.61 Å². The summed E-state index contributed by atoms with van der Waals surface area (Å²) in [6.07, 6.45) is 1.60. The fourth-order valence-electron chi connectivity index (χ4n) is 1.81. The second-order valence-corrected chi connectivity index (χ2v) is 4.24. The fourth-order valence-corrected chi connectivity index (χ4v) is 1.81. The molecule has 0 N–H and O–H groups in total. The van der Waals surface area contributed by atoms with Crippen LogP contribution >= 0.6 is 0 Å². The van der Waals surface area contributed by atoms with E-state index in [1.807, 2.05) is 0 Å². The lowest BCUT2D eigenvalue weighted by Gasteiger charge is -2.26. The number of carbonyl (C=O) groups is 1. The Morgan fingerprint density at radius 3 is 3.00 bits per heavy atom. The highest BCUT2D eigenvalue weighted by Crippen LogP contribution is 2.09. The van der Waals surface area contributed by atoms with E-state index in [2.05, 4.69) is 9.88 Å². The van der Waals surface area contributed by atoms with E-state index >= 15 is 0 Å². The Morgan fingerprint density at radius 1 is 1.50 bits per heavy atom. The third kappa shape index (κ3) is 3.78. The Kier molecular flexibility index (Phi) is 4.66. The number of pyridine rings is 1. The number of aromatic nitrogens is 1. The molecule has 0 aromatic carbocycles. The van der Waals surface area contributed by atoms with Crippen molar-refractivity contribution in [1.29, 1.82) is 0 Å². The first kappa shape index (κ1) is 13.0. The van der Waals surface area contributed by atoms with Crippen molar-refractivity contribution in [2.45, 2.75) is 6.92 Å². The van der Waals surface area contributed by atoms with Gasteiger partial charge in [-0.05, 0) is 13.0 Å². The quantitative estimate of drug-likeness (QED) is 0.730. The predicted octanol–water partition coefficient (Wildman–Crippen LogP) is 0.995. The Balaban J connectivity index is 1.78. The fraction of sp³-hybridized carbons (Fsp3) is 0.538. The first-order valence-corrected chi connectivity index (χ1v) is 6.15. The first-order valence-electron chi connectivity index (χ1n) is 6.15. The summed E-state index contributed by atoms with van der Waals surface area (Å²) in [5.41, 5.74) is 0.631. The largest absolute Gasteiger partial charge is 0.476 e. The summed E-state index contributed by atoms with van der Waals surface area (Å²) in [5.74, 6) is 0.534. The van der Waals surface area contributed by atoms with Crippen molar-refractivity contribution in [1.82, 2.24) is 9.88 Å². The van der Waals surface area contributed by atoms with Crippen molar-refractivity contribution in [3.63, 3.8) is 0 Å². The zero-order valence-electron chi connectivity index (χ0n) is 10.6. The Hall–Kier alpha value is -1.46. The van der Waals surface area contributed by atoms with Crippen LogP contribution in [-0.2, 0) is 4.74 Å². The Morgan fingerprint density at radius 2 is 2.28 bits per heavy atom. The van der Waals surface area contributed by atoms with E-state index < -0.39 is 0 Å². The number of carbonyl (C=O) groups excluding carboxylic acids is 1. The third-order valence-electron chi connectivity index (χ3n) is 2.90. The maximum atomic E-state index is 11.2. The molecular weight excluding hydrogens is 232 g/mol. The summed E-state index contributed by atoms with van der Waals surface area (Å²) in [6, 6.07) is 3.37. The standard InChI is InChI=1S/C13H18N2O3/c1-11(16)12-2-3-14-13(10-12)18-9-6-15-4-7-17-8-5-15/h2-3,10H,4-9H2,1H3. The maximum Gasteiger partial charge on any atom is 0.213 e. The summed E-state index contributed by atoms with van der Waals surface area (Å²) in [5, 5.41) is 0. The van der Waals surface area contributed by atoms with Gasteiger partial charge < -0.3 is 9.47 Å². The molecule has 0 amide bonds. The minimum Gasteiger partial charge on any atom is -0.476 e. The average molecular weight is 250 g/mol. The molecule has 0 bridgehead atoms. The minimum atomic E-state index is 0.0235. The molecule has 0 atom stereocenters. The van der Waals surface area contributed by atoms with Crippen LogP contribution in [0, 0.1) is 0 Å². The molecule has 0 aliphatic carbocycles. The third-order valence-corrected chi connectivity index (χ3v) is 2.90. The summed E-state index contributed by atoms with van der Waals surface area (Å²) in [7, 11) is 0. The minimum absolute atomic E-state index is 0.0235. The van der Waals surface area contributed by atoms with Crippen molar-refractivity contribution in [3.8, 4) is 5.88 Å². The molecule has 98 valence electrons. The van der Waals surface area contributed by atoms with Crippen LogP contribution < -0.4 is 4.74 Å². The van der Waals surface area contributed by atoms with Crippen LogP contribution in [0.5, 0.6) is 5.88 Å². The second-order valence-electron chi connectivity index (χ2n) is 4.24. The van der Waals surface area contributed by atoms with Gasteiger partial charge in [0.15, 0.2) is 5.78 Å². The molecule has 0 unspecified atom stereocenters. The van der Waals surface area contributed by atoms with E-state index in [4.69, 9.17) is 9.47 Å². The molecule has 5 nitrogen and oxygen atoms in total. The van der Waals surface area contributed by atoms with Crippen LogP contribution in [-0.4, -0.2) is 55.1 Å². The van der Waals surface area contributed by atoms with Gasteiger partial charge in [0, 0.05) is 37.5 Å². The number of ether oxygens (including phenoxy) is 2. The van der Waals surface area contributed by atoms with Crippen molar-refractivity contribution >= 4 is 5.78 Å². The zero-order valence-corrected chi connectivity index (χ0v) is 10.6. The van der Waals surface area contributed by atoms with Crippen molar-refractivity contribution in [3.05, 3.63) is 23.9 Å². The molecule has 0 spiro atoms. The van der Waals surface area contributed by atoms with Crippen LogP contribution in [0.4, 0.5) is 0 Å². The monoisotopic (exact) mass is 250 g/mol. The normalized spacial score (nSPS) is 16.5. The van der Waals surface area contributed by atoms with Gasteiger partial charge in [-0.15, -0.1) is 0 Å². The van der Waals surface area contributed by atoms with Gasteiger partial charge in [0.25, 0.3) is 0 Å². The molecule has 1 aromatic heterocycles. The smallest absolute Gasteiger partial charge is 0.213 e. The number of hydrogen-bond acceptors (Lipinski definition) is 5. The van der Waals surface area contributed by atoms with E-state index in [1.165, 1.54) is 6.92 Å². The summed E-state index contributed by atoms with van der Waals surface area (Å²) < 4.78 is 10.8. The molecule has 5 heteroatoms.